The van der Waals surface area contributed by atoms with Gasteiger partial charge in [0.15, 0.2) is 0 Å². The molecule has 22 heavy (non-hydrogen) atoms. The van der Waals surface area contributed by atoms with E-state index in [0.29, 0.717) is 0 Å². The lowest BCUT2D eigenvalue weighted by molar-refractivity contribution is 0.417. The number of halogens is 2. The van der Waals surface area contributed by atoms with Gasteiger partial charge in [-0.05, 0) is 36.4 Å². The van der Waals surface area contributed by atoms with Crippen LogP contribution in [0.15, 0.2) is 36.4 Å². The molecule has 116 valence electrons. The molecule has 0 atom stereocenters. The van der Waals surface area contributed by atoms with Crippen molar-refractivity contribution in [1.82, 2.24) is 0 Å². The highest BCUT2D eigenvalue weighted by atomic mass is 19.1. The van der Waals surface area contributed by atoms with Gasteiger partial charge in [0.05, 0.1) is 0 Å². The molecule has 0 saturated carbocycles. The predicted molar refractivity (Wildman–Crippen MR) is 75.8 cm³/mol. The van der Waals surface area contributed by atoms with Gasteiger partial charge in [-0.1, -0.05) is 0 Å². The molecule has 0 aromatic heterocycles. The lowest BCUT2D eigenvalue weighted by Gasteiger charge is -2.01. The van der Waals surface area contributed by atoms with E-state index in [4.69, 9.17) is 30.3 Å². The number of hydrogen-bond acceptors (Lipinski definition) is 6. The summed E-state index contributed by atoms with van der Waals surface area (Å²) < 4.78 is 24.7. The molecule has 2 aromatic rings. The minimum Gasteiger partial charge on any atom is -0.508 e. The summed E-state index contributed by atoms with van der Waals surface area (Å²) >= 11 is 0. The van der Waals surface area contributed by atoms with Crippen molar-refractivity contribution in [1.29, 1.82) is 0 Å². The maximum absolute atomic E-state index is 12.4. The van der Waals surface area contributed by atoms with Crippen LogP contribution in [0.2, 0.25) is 0 Å². The summed E-state index contributed by atoms with van der Waals surface area (Å²) in [5.74, 6) is -1.90. The maximum atomic E-state index is 12.4. The fourth-order valence-electron chi connectivity index (χ4n) is 1.46. The quantitative estimate of drug-likeness (QED) is 0.372. The van der Waals surface area contributed by atoms with Crippen LogP contribution < -0.4 is 10.9 Å². The highest BCUT2D eigenvalue weighted by molar-refractivity contribution is 6.60. The zero-order valence-corrected chi connectivity index (χ0v) is 11.1. The standard InChI is InChI=1S/2C6H6BFO3/c2*8-4-1-2-6(9)5(3-4)7(10)11/h2*1-3,9-11H. The van der Waals surface area contributed by atoms with E-state index in [2.05, 4.69) is 0 Å². The third-order valence-electron chi connectivity index (χ3n) is 2.54. The first-order chi connectivity index (χ1) is 10.2. The van der Waals surface area contributed by atoms with E-state index in [0.717, 1.165) is 36.4 Å². The Morgan fingerprint density at radius 3 is 1.18 bits per heavy atom. The maximum Gasteiger partial charge on any atom is 0.492 e. The van der Waals surface area contributed by atoms with Crippen LogP contribution in [-0.4, -0.2) is 44.5 Å². The molecule has 0 heterocycles. The molecule has 2 aromatic carbocycles. The van der Waals surface area contributed by atoms with E-state index in [-0.39, 0.29) is 22.4 Å². The average molecular weight is 312 g/mol. The Balaban J connectivity index is 0.000000220. The number of benzene rings is 2. The largest absolute Gasteiger partial charge is 0.508 e. The Kier molecular flexibility index (Phi) is 6.32. The van der Waals surface area contributed by atoms with Crippen LogP contribution in [0, 0.1) is 11.6 Å². The first-order valence-corrected chi connectivity index (χ1v) is 5.91. The lowest BCUT2D eigenvalue weighted by Crippen LogP contribution is -2.30. The monoisotopic (exact) mass is 312 g/mol. The molecule has 0 amide bonds. The average Bonchev–Trinajstić information content (AvgIpc) is 2.44. The van der Waals surface area contributed by atoms with Crippen LogP contribution >= 0.6 is 0 Å². The van der Waals surface area contributed by atoms with Gasteiger partial charge in [-0.25, -0.2) is 8.78 Å². The van der Waals surface area contributed by atoms with Crippen LogP contribution in [0.1, 0.15) is 0 Å². The highest BCUT2D eigenvalue weighted by Gasteiger charge is 2.16. The molecular formula is C12H12B2F2O6. The Bertz CT molecular complexity index is 584. The van der Waals surface area contributed by atoms with Crippen LogP contribution in [0.5, 0.6) is 11.5 Å². The Labute approximate surface area is 124 Å². The van der Waals surface area contributed by atoms with Gasteiger partial charge in [0.25, 0.3) is 0 Å². The third kappa shape index (κ3) is 5.01. The van der Waals surface area contributed by atoms with Gasteiger partial charge in [-0.15, -0.1) is 0 Å². The highest BCUT2D eigenvalue weighted by Crippen LogP contribution is 2.07. The molecule has 0 spiro atoms. The van der Waals surface area contributed by atoms with E-state index in [1.807, 2.05) is 0 Å². The van der Waals surface area contributed by atoms with Gasteiger partial charge in [0.1, 0.15) is 23.1 Å². The van der Waals surface area contributed by atoms with E-state index < -0.39 is 25.9 Å². The van der Waals surface area contributed by atoms with Gasteiger partial charge >= 0.3 is 14.2 Å². The summed E-state index contributed by atoms with van der Waals surface area (Å²) in [4.78, 5) is 0. The number of phenols is 2. The SMILES string of the molecule is OB(O)c1cc(F)ccc1O.OB(O)c1cc(F)ccc1O. The molecule has 0 unspecified atom stereocenters. The van der Waals surface area contributed by atoms with Gasteiger partial charge in [-0.3, -0.25) is 0 Å². The van der Waals surface area contributed by atoms with Crippen LogP contribution in [0.25, 0.3) is 0 Å². The van der Waals surface area contributed by atoms with Crippen molar-refractivity contribution in [3.05, 3.63) is 48.0 Å². The van der Waals surface area contributed by atoms with Crippen LogP contribution in [0.3, 0.4) is 0 Å². The Morgan fingerprint density at radius 1 is 0.636 bits per heavy atom. The van der Waals surface area contributed by atoms with E-state index >= 15 is 0 Å². The number of rotatable bonds is 2. The molecule has 6 N–H and O–H groups in total. The van der Waals surface area contributed by atoms with E-state index in [1.165, 1.54) is 0 Å². The van der Waals surface area contributed by atoms with Gasteiger partial charge in [0.2, 0.25) is 0 Å². The molecule has 10 heteroatoms. The molecule has 0 saturated heterocycles. The van der Waals surface area contributed by atoms with Crippen molar-refractivity contribution < 1.29 is 39.1 Å². The summed E-state index contributed by atoms with van der Waals surface area (Å²) in [6.07, 6.45) is 0. The molecule has 0 bridgehead atoms. The fourth-order valence-corrected chi connectivity index (χ4v) is 1.46. The molecule has 0 aliphatic carbocycles. The second-order valence-corrected chi connectivity index (χ2v) is 4.15. The Hall–Kier alpha value is -2.13. The third-order valence-corrected chi connectivity index (χ3v) is 2.54. The lowest BCUT2D eigenvalue weighted by atomic mass is 9.79. The molecule has 0 radical (unpaired) electrons. The van der Waals surface area contributed by atoms with Gasteiger partial charge in [0, 0.05) is 10.9 Å². The number of hydrogen-bond donors (Lipinski definition) is 6. The summed E-state index contributed by atoms with van der Waals surface area (Å²) in [6.45, 7) is 0. The number of phenolic OH excluding ortho intramolecular Hbond substituents is 2. The van der Waals surface area contributed by atoms with Crippen LogP contribution in [-0.2, 0) is 0 Å². The van der Waals surface area contributed by atoms with Crippen molar-refractivity contribution in [2.24, 2.45) is 0 Å². The van der Waals surface area contributed by atoms with Gasteiger partial charge < -0.3 is 30.3 Å². The molecule has 0 aliphatic rings. The fraction of sp³-hybridized carbons (Fsp3) is 0. The van der Waals surface area contributed by atoms with Crippen molar-refractivity contribution in [3.63, 3.8) is 0 Å². The Morgan fingerprint density at radius 2 is 0.955 bits per heavy atom. The second kappa shape index (κ2) is 7.76. The zero-order chi connectivity index (χ0) is 16.9. The van der Waals surface area contributed by atoms with Crippen molar-refractivity contribution in [2.75, 3.05) is 0 Å². The first kappa shape index (κ1) is 17.9. The van der Waals surface area contributed by atoms with Crippen molar-refractivity contribution >= 4 is 25.2 Å². The minimum atomic E-state index is -1.84. The molecular weight excluding hydrogens is 300 g/mol. The van der Waals surface area contributed by atoms with Gasteiger partial charge in [-0.2, -0.15) is 0 Å². The van der Waals surface area contributed by atoms with E-state index in [9.17, 15) is 8.78 Å². The van der Waals surface area contributed by atoms with E-state index in [1.54, 1.807) is 0 Å². The summed E-state index contributed by atoms with van der Waals surface area (Å²) in [7, 11) is -3.68. The normalized spacial score (nSPS) is 9.73. The van der Waals surface area contributed by atoms with Crippen LogP contribution in [0.4, 0.5) is 8.78 Å². The summed E-state index contributed by atoms with van der Waals surface area (Å²) in [5.41, 5.74) is -0.463. The molecule has 6 nitrogen and oxygen atoms in total. The summed E-state index contributed by atoms with van der Waals surface area (Å²) in [5, 5.41) is 52.1. The predicted octanol–water partition coefficient (Wildman–Crippen LogP) is -1.58. The summed E-state index contributed by atoms with van der Waals surface area (Å²) in [6, 6.07) is 5.90. The second-order valence-electron chi connectivity index (χ2n) is 4.15. The van der Waals surface area contributed by atoms with Crippen molar-refractivity contribution in [2.45, 2.75) is 0 Å². The smallest absolute Gasteiger partial charge is 0.492 e. The first-order valence-electron chi connectivity index (χ1n) is 5.91. The molecule has 0 aliphatic heterocycles. The minimum absolute atomic E-state index is 0.231. The number of aromatic hydroxyl groups is 2. The molecule has 2 rings (SSSR count). The molecule has 0 fully saturated rings. The van der Waals surface area contributed by atoms with Crippen molar-refractivity contribution in [3.8, 4) is 11.5 Å². The topological polar surface area (TPSA) is 121 Å². The zero-order valence-electron chi connectivity index (χ0n) is 11.1.